The molecule has 2 aromatic rings. The molecule has 1 aromatic heterocycles. The van der Waals surface area contributed by atoms with E-state index in [2.05, 4.69) is 0 Å². The summed E-state index contributed by atoms with van der Waals surface area (Å²) >= 11 is 0. The molecule has 0 radical (unpaired) electrons. The lowest BCUT2D eigenvalue weighted by Gasteiger charge is -2.12. The summed E-state index contributed by atoms with van der Waals surface area (Å²) in [7, 11) is 1.37. The maximum absolute atomic E-state index is 11.6. The maximum Gasteiger partial charge on any atom is 0.353 e. The third-order valence-corrected chi connectivity index (χ3v) is 2.77. The highest BCUT2D eigenvalue weighted by molar-refractivity contribution is 5.86. The molecular weight excluding hydrogens is 246 g/mol. The van der Waals surface area contributed by atoms with Crippen molar-refractivity contribution in [3.8, 4) is 11.4 Å². The van der Waals surface area contributed by atoms with Gasteiger partial charge in [0.2, 0.25) is 5.43 Å². The van der Waals surface area contributed by atoms with Gasteiger partial charge in [0.15, 0.2) is 5.75 Å². The third kappa shape index (κ3) is 2.49. The summed E-state index contributed by atoms with van der Waals surface area (Å²) in [4.78, 5) is 22.8. The average Bonchev–Trinajstić information content (AvgIpc) is 2.39. The highest BCUT2D eigenvalue weighted by Gasteiger charge is 2.14. The number of benzene rings is 1. The van der Waals surface area contributed by atoms with Crippen molar-refractivity contribution in [3.05, 3.63) is 58.0 Å². The van der Waals surface area contributed by atoms with Crippen LogP contribution in [-0.2, 0) is 0 Å². The second-order valence-corrected chi connectivity index (χ2v) is 4.10. The Morgan fingerprint density at radius 3 is 2.42 bits per heavy atom. The fourth-order valence-electron chi connectivity index (χ4n) is 1.75. The van der Waals surface area contributed by atoms with E-state index in [1.165, 1.54) is 17.9 Å². The van der Waals surface area contributed by atoms with Crippen molar-refractivity contribution in [2.24, 2.45) is 0 Å². The first-order valence-corrected chi connectivity index (χ1v) is 5.64. The molecule has 0 fully saturated rings. The number of methoxy groups -OCH3 is 1. The SMILES string of the molecule is COc1cn(-c2ccc(C)cc2)c(C(=O)O)cc1=O. The van der Waals surface area contributed by atoms with Crippen LogP contribution in [0.2, 0.25) is 0 Å². The standard InChI is InChI=1S/C14H13NO4/c1-9-3-5-10(6-4-9)15-8-13(19-2)12(16)7-11(15)14(17)18/h3-8H,1-2H3,(H,17,18). The van der Waals surface area contributed by atoms with Gasteiger partial charge in [-0.2, -0.15) is 0 Å². The molecule has 0 spiro atoms. The van der Waals surface area contributed by atoms with Crippen LogP contribution in [0.4, 0.5) is 0 Å². The molecule has 0 aliphatic rings. The van der Waals surface area contributed by atoms with Gasteiger partial charge in [0.25, 0.3) is 0 Å². The van der Waals surface area contributed by atoms with E-state index in [0.717, 1.165) is 11.6 Å². The molecule has 0 atom stereocenters. The molecule has 0 aliphatic carbocycles. The van der Waals surface area contributed by atoms with Gasteiger partial charge in [-0.15, -0.1) is 0 Å². The number of carbonyl (C=O) groups is 1. The zero-order valence-corrected chi connectivity index (χ0v) is 10.6. The van der Waals surface area contributed by atoms with Crippen molar-refractivity contribution >= 4 is 5.97 Å². The Morgan fingerprint density at radius 1 is 1.26 bits per heavy atom. The minimum Gasteiger partial charge on any atom is -0.491 e. The molecule has 1 heterocycles. The average molecular weight is 259 g/mol. The Balaban J connectivity index is 2.69. The van der Waals surface area contributed by atoms with Crippen LogP contribution < -0.4 is 10.2 Å². The molecule has 98 valence electrons. The van der Waals surface area contributed by atoms with E-state index in [4.69, 9.17) is 9.84 Å². The molecule has 1 N–H and O–H groups in total. The lowest BCUT2D eigenvalue weighted by molar-refractivity contribution is 0.0687. The van der Waals surface area contributed by atoms with E-state index in [9.17, 15) is 9.59 Å². The van der Waals surface area contributed by atoms with Gasteiger partial charge in [-0.25, -0.2) is 4.79 Å². The second-order valence-electron chi connectivity index (χ2n) is 4.10. The van der Waals surface area contributed by atoms with Gasteiger partial charge in [0.1, 0.15) is 5.69 Å². The lowest BCUT2D eigenvalue weighted by atomic mass is 10.2. The number of aryl methyl sites for hydroxylation is 1. The van der Waals surface area contributed by atoms with Gasteiger partial charge >= 0.3 is 5.97 Å². The highest BCUT2D eigenvalue weighted by atomic mass is 16.5. The monoisotopic (exact) mass is 259 g/mol. The maximum atomic E-state index is 11.6. The number of hydrogen-bond acceptors (Lipinski definition) is 3. The van der Waals surface area contributed by atoms with E-state index in [1.54, 1.807) is 12.1 Å². The Bertz CT molecular complexity index is 671. The number of hydrogen-bond donors (Lipinski definition) is 1. The van der Waals surface area contributed by atoms with E-state index in [1.807, 2.05) is 19.1 Å². The number of aromatic nitrogens is 1. The zero-order chi connectivity index (χ0) is 14.0. The Kier molecular flexibility index (Phi) is 3.37. The Labute approximate surface area is 109 Å². The first-order chi connectivity index (χ1) is 9.02. The predicted octanol–water partition coefficient (Wildman–Crippen LogP) is 1.85. The van der Waals surface area contributed by atoms with Gasteiger partial charge < -0.3 is 14.4 Å². The summed E-state index contributed by atoms with van der Waals surface area (Å²) in [6, 6.07) is 8.36. The van der Waals surface area contributed by atoms with Gasteiger partial charge in [-0.05, 0) is 19.1 Å². The molecule has 0 unspecified atom stereocenters. The fraction of sp³-hybridized carbons (Fsp3) is 0.143. The minimum absolute atomic E-state index is 0.102. The number of carboxylic acids is 1. The van der Waals surface area contributed by atoms with Gasteiger partial charge in [0, 0.05) is 11.8 Å². The Hall–Kier alpha value is -2.56. The van der Waals surface area contributed by atoms with Crippen LogP contribution in [0.5, 0.6) is 5.75 Å². The van der Waals surface area contributed by atoms with Crippen molar-refractivity contribution in [1.82, 2.24) is 4.57 Å². The van der Waals surface area contributed by atoms with E-state index < -0.39 is 11.4 Å². The van der Waals surface area contributed by atoms with Crippen molar-refractivity contribution in [2.75, 3.05) is 7.11 Å². The molecule has 19 heavy (non-hydrogen) atoms. The van der Waals surface area contributed by atoms with Crippen LogP contribution in [0, 0.1) is 6.92 Å². The highest BCUT2D eigenvalue weighted by Crippen LogP contribution is 2.15. The molecule has 1 aromatic carbocycles. The molecule has 0 aliphatic heterocycles. The normalized spacial score (nSPS) is 10.2. The number of pyridine rings is 1. The second kappa shape index (κ2) is 4.97. The molecule has 5 heteroatoms. The Morgan fingerprint density at radius 2 is 1.89 bits per heavy atom. The summed E-state index contributed by atoms with van der Waals surface area (Å²) in [5, 5.41) is 9.17. The number of rotatable bonds is 3. The summed E-state index contributed by atoms with van der Waals surface area (Å²) in [5.41, 5.74) is 1.16. The molecule has 5 nitrogen and oxygen atoms in total. The molecule has 0 bridgehead atoms. The number of aromatic carboxylic acids is 1. The summed E-state index contributed by atoms with van der Waals surface area (Å²) < 4.78 is 6.36. The third-order valence-electron chi connectivity index (χ3n) is 2.77. The van der Waals surface area contributed by atoms with Crippen molar-refractivity contribution < 1.29 is 14.6 Å². The molecular formula is C14H13NO4. The largest absolute Gasteiger partial charge is 0.491 e. The number of nitrogens with zero attached hydrogens (tertiary/aromatic N) is 1. The van der Waals surface area contributed by atoms with Crippen molar-refractivity contribution in [3.63, 3.8) is 0 Å². The van der Waals surface area contributed by atoms with Crippen LogP contribution in [0.25, 0.3) is 5.69 Å². The fourth-order valence-corrected chi connectivity index (χ4v) is 1.75. The zero-order valence-electron chi connectivity index (χ0n) is 10.6. The van der Waals surface area contributed by atoms with Crippen LogP contribution in [0.1, 0.15) is 16.1 Å². The molecule has 0 saturated carbocycles. The van der Waals surface area contributed by atoms with Gasteiger partial charge in [0.05, 0.1) is 13.3 Å². The topological polar surface area (TPSA) is 68.5 Å². The summed E-state index contributed by atoms with van der Waals surface area (Å²) in [6.07, 6.45) is 1.39. The quantitative estimate of drug-likeness (QED) is 0.913. The van der Waals surface area contributed by atoms with E-state index >= 15 is 0 Å². The minimum atomic E-state index is -1.17. The van der Waals surface area contributed by atoms with Crippen LogP contribution in [-0.4, -0.2) is 22.8 Å². The molecule has 0 amide bonds. The number of ether oxygens (including phenoxy) is 1. The summed E-state index contributed by atoms with van der Waals surface area (Å²) in [5.74, 6) is -1.06. The van der Waals surface area contributed by atoms with Gasteiger partial charge in [-0.3, -0.25) is 4.79 Å². The van der Waals surface area contributed by atoms with Crippen LogP contribution in [0.15, 0.2) is 41.3 Å². The van der Waals surface area contributed by atoms with Crippen molar-refractivity contribution in [1.29, 1.82) is 0 Å². The van der Waals surface area contributed by atoms with E-state index in [0.29, 0.717) is 5.69 Å². The first-order valence-electron chi connectivity index (χ1n) is 5.64. The molecule has 2 rings (SSSR count). The smallest absolute Gasteiger partial charge is 0.353 e. The van der Waals surface area contributed by atoms with Crippen molar-refractivity contribution in [2.45, 2.75) is 6.92 Å². The van der Waals surface area contributed by atoms with Crippen LogP contribution in [0.3, 0.4) is 0 Å². The van der Waals surface area contributed by atoms with Crippen LogP contribution >= 0.6 is 0 Å². The molecule has 0 saturated heterocycles. The van der Waals surface area contributed by atoms with E-state index in [-0.39, 0.29) is 11.4 Å². The first kappa shape index (κ1) is 12.9. The van der Waals surface area contributed by atoms with Gasteiger partial charge in [-0.1, -0.05) is 17.7 Å². The lowest BCUT2D eigenvalue weighted by Crippen LogP contribution is -2.16. The number of carboxylic acid groups (broad SMARTS) is 1. The predicted molar refractivity (Wildman–Crippen MR) is 70.3 cm³/mol. The summed E-state index contributed by atoms with van der Waals surface area (Å²) in [6.45, 7) is 1.94.